The molecule has 4 rings (SSSR count). The van der Waals surface area contributed by atoms with Crippen LogP contribution in [0.1, 0.15) is 65.2 Å². The van der Waals surface area contributed by atoms with Crippen molar-refractivity contribution in [1.82, 2.24) is 4.90 Å². The summed E-state index contributed by atoms with van der Waals surface area (Å²) in [6.07, 6.45) is 0. The lowest BCUT2D eigenvalue weighted by Crippen LogP contribution is -2.32. The Morgan fingerprint density at radius 1 is 1.07 bits per heavy atom. The molecule has 1 N–H and O–H groups in total. The molecule has 1 aliphatic rings. The van der Waals surface area contributed by atoms with Crippen LogP contribution in [0.15, 0.2) is 45.6 Å². The molecule has 0 fully saturated rings. The molecule has 5 heteroatoms. The predicted octanol–water partition coefficient (Wildman–Crippen LogP) is 4.24. The average molecular weight is 405 g/mol. The third-order valence-corrected chi connectivity index (χ3v) is 5.83. The number of benzene rings is 2. The van der Waals surface area contributed by atoms with Gasteiger partial charge in [0.25, 0.3) is 5.91 Å². The lowest BCUT2D eigenvalue weighted by atomic mass is 9.86. The summed E-state index contributed by atoms with van der Waals surface area (Å²) in [6.45, 7) is 10.2. The third kappa shape index (κ3) is 3.14. The zero-order chi connectivity index (χ0) is 21.8. The molecule has 3 aromatic rings. The van der Waals surface area contributed by atoms with Crippen LogP contribution in [0.4, 0.5) is 0 Å². The highest BCUT2D eigenvalue weighted by Crippen LogP contribution is 2.39. The Balaban J connectivity index is 1.96. The molecule has 1 unspecified atom stereocenters. The smallest absolute Gasteiger partial charge is 0.290 e. The van der Waals surface area contributed by atoms with E-state index >= 15 is 0 Å². The van der Waals surface area contributed by atoms with Crippen LogP contribution in [0.5, 0.6) is 0 Å². The van der Waals surface area contributed by atoms with Crippen LogP contribution in [0, 0.1) is 13.8 Å². The summed E-state index contributed by atoms with van der Waals surface area (Å²) in [5.74, 6) is -0.277. The number of amides is 1. The van der Waals surface area contributed by atoms with Crippen LogP contribution in [-0.4, -0.2) is 29.1 Å². The minimum Gasteiger partial charge on any atom is -0.450 e. The normalized spacial score (nSPS) is 16.4. The zero-order valence-corrected chi connectivity index (χ0v) is 18.1. The molecule has 0 spiro atoms. The van der Waals surface area contributed by atoms with Crippen LogP contribution in [-0.2, 0) is 5.41 Å². The van der Waals surface area contributed by atoms with Gasteiger partial charge in [-0.25, -0.2) is 0 Å². The summed E-state index contributed by atoms with van der Waals surface area (Å²) >= 11 is 0. The SMILES string of the molecule is Cc1cc(C)c2oc3c(c(=O)c2c1)C(c1ccc(C(C)(C)C)cc1)N(CCO)C3=O. The second-order valence-corrected chi connectivity index (χ2v) is 9.13. The first-order valence-electron chi connectivity index (χ1n) is 10.2. The Hall–Kier alpha value is -2.92. The van der Waals surface area contributed by atoms with Crippen molar-refractivity contribution in [1.29, 1.82) is 0 Å². The molecule has 0 radical (unpaired) electrons. The van der Waals surface area contributed by atoms with Crippen molar-refractivity contribution >= 4 is 16.9 Å². The number of fused-ring (bicyclic) bond motifs is 2. The van der Waals surface area contributed by atoms with Crippen LogP contribution in [0.25, 0.3) is 11.0 Å². The fraction of sp³-hybridized carbons (Fsp3) is 0.360. The van der Waals surface area contributed by atoms with Crippen molar-refractivity contribution in [2.75, 3.05) is 13.2 Å². The monoisotopic (exact) mass is 405 g/mol. The molecule has 1 amide bonds. The van der Waals surface area contributed by atoms with Gasteiger partial charge < -0.3 is 14.4 Å². The first-order chi connectivity index (χ1) is 14.1. The number of hydrogen-bond donors (Lipinski definition) is 1. The van der Waals surface area contributed by atoms with Crippen molar-refractivity contribution in [3.8, 4) is 0 Å². The van der Waals surface area contributed by atoms with Crippen molar-refractivity contribution in [3.63, 3.8) is 0 Å². The van der Waals surface area contributed by atoms with E-state index in [1.165, 1.54) is 10.5 Å². The Morgan fingerprint density at radius 2 is 1.73 bits per heavy atom. The van der Waals surface area contributed by atoms with Crippen LogP contribution in [0.3, 0.4) is 0 Å². The topological polar surface area (TPSA) is 70.8 Å². The van der Waals surface area contributed by atoms with Crippen molar-refractivity contribution in [2.24, 2.45) is 0 Å². The molecule has 1 atom stereocenters. The second-order valence-electron chi connectivity index (χ2n) is 9.13. The second kappa shape index (κ2) is 7.10. The zero-order valence-electron chi connectivity index (χ0n) is 18.1. The van der Waals surface area contributed by atoms with Gasteiger partial charge in [-0.05, 0) is 47.6 Å². The van der Waals surface area contributed by atoms with E-state index in [4.69, 9.17) is 4.42 Å². The fourth-order valence-electron chi connectivity index (χ4n) is 4.32. The number of hydrogen-bond acceptors (Lipinski definition) is 4. The minimum absolute atomic E-state index is 0.00297. The molecule has 30 heavy (non-hydrogen) atoms. The van der Waals surface area contributed by atoms with Gasteiger partial charge in [0.1, 0.15) is 5.58 Å². The van der Waals surface area contributed by atoms with Crippen LogP contribution >= 0.6 is 0 Å². The number of nitrogens with zero attached hydrogens (tertiary/aromatic N) is 1. The number of aliphatic hydroxyl groups excluding tert-OH is 1. The predicted molar refractivity (Wildman–Crippen MR) is 117 cm³/mol. The van der Waals surface area contributed by atoms with E-state index in [-0.39, 0.29) is 35.7 Å². The maximum atomic E-state index is 13.5. The number of rotatable bonds is 3. The quantitative estimate of drug-likeness (QED) is 0.707. The van der Waals surface area contributed by atoms with E-state index in [0.717, 1.165) is 16.7 Å². The van der Waals surface area contributed by atoms with Gasteiger partial charge in [-0.3, -0.25) is 9.59 Å². The Morgan fingerprint density at radius 3 is 2.33 bits per heavy atom. The maximum Gasteiger partial charge on any atom is 0.290 e. The van der Waals surface area contributed by atoms with Gasteiger partial charge >= 0.3 is 0 Å². The summed E-state index contributed by atoms with van der Waals surface area (Å²) in [7, 11) is 0. The Labute approximate surface area is 175 Å². The third-order valence-electron chi connectivity index (χ3n) is 5.83. The first-order valence-corrected chi connectivity index (χ1v) is 10.2. The molecule has 0 aliphatic carbocycles. The first kappa shape index (κ1) is 20.4. The highest BCUT2D eigenvalue weighted by atomic mass is 16.3. The Bertz CT molecular complexity index is 1200. The van der Waals surface area contributed by atoms with E-state index in [1.807, 2.05) is 50.2 Å². The van der Waals surface area contributed by atoms with Gasteiger partial charge in [-0.1, -0.05) is 51.1 Å². The van der Waals surface area contributed by atoms with Gasteiger partial charge in [0.2, 0.25) is 5.76 Å². The fourth-order valence-corrected chi connectivity index (χ4v) is 4.32. The number of carbonyl (C=O) groups is 1. The number of β-amino-alcohol motifs (C(OH)–C–C–N with tert-alkyl or cyclic N) is 1. The number of carbonyl (C=O) groups excluding carboxylic acids is 1. The molecule has 0 bridgehead atoms. The van der Waals surface area contributed by atoms with E-state index in [2.05, 4.69) is 20.8 Å². The van der Waals surface area contributed by atoms with Gasteiger partial charge in [-0.15, -0.1) is 0 Å². The van der Waals surface area contributed by atoms with Crippen molar-refractivity contribution < 1.29 is 14.3 Å². The van der Waals surface area contributed by atoms with Crippen LogP contribution < -0.4 is 5.43 Å². The van der Waals surface area contributed by atoms with Gasteiger partial charge in [0.05, 0.1) is 23.6 Å². The molecule has 1 aliphatic heterocycles. The molecule has 2 heterocycles. The van der Waals surface area contributed by atoms with Crippen LogP contribution in [0.2, 0.25) is 0 Å². The summed E-state index contributed by atoms with van der Waals surface area (Å²) in [5, 5.41) is 10.1. The molecule has 1 aromatic heterocycles. The van der Waals surface area contributed by atoms with Gasteiger partial charge in [0, 0.05) is 6.54 Å². The number of aliphatic hydroxyl groups is 1. The van der Waals surface area contributed by atoms with E-state index in [9.17, 15) is 14.7 Å². The molecular formula is C25H27NO4. The lowest BCUT2D eigenvalue weighted by Gasteiger charge is -2.25. The van der Waals surface area contributed by atoms with E-state index < -0.39 is 6.04 Å². The molecule has 0 saturated heterocycles. The van der Waals surface area contributed by atoms with E-state index in [1.54, 1.807) is 0 Å². The molecule has 0 saturated carbocycles. The number of aryl methyl sites for hydroxylation is 2. The standard InChI is InChI=1S/C25H27NO4/c1-14-12-15(2)22-18(13-14)21(28)19-20(26(10-11-27)24(29)23(19)30-22)16-6-8-17(9-7-16)25(3,4)5/h6-9,12-13,20,27H,10-11H2,1-5H3. The van der Waals surface area contributed by atoms with E-state index in [0.29, 0.717) is 16.5 Å². The minimum atomic E-state index is -0.574. The molecular weight excluding hydrogens is 378 g/mol. The average Bonchev–Trinajstić information content (AvgIpc) is 2.95. The molecule has 156 valence electrons. The lowest BCUT2D eigenvalue weighted by molar-refractivity contribution is 0.0691. The molecule has 2 aromatic carbocycles. The summed E-state index contributed by atoms with van der Waals surface area (Å²) in [4.78, 5) is 28.2. The maximum absolute atomic E-state index is 13.5. The molecule has 5 nitrogen and oxygen atoms in total. The summed E-state index contributed by atoms with van der Waals surface area (Å²) < 4.78 is 6.02. The van der Waals surface area contributed by atoms with Gasteiger partial charge in [-0.2, -0.15) is 0 Å². The Kier molecular flexibility index (Phi) is 4.82. The highest BCUT2D eigenvalue weighted by molar-refractivity contribution is 5.99. The highest BCUT2D eigenvalue weighted by Gasteiger charge is 2.42. The summed E-state index contributed by atoms with van der Waals surface area (Å²) in [6, 6.07) is 11.2. The van der Waals surface area contributed by atoms with Crippen molar-refractivity contribution in [3.05, 3.63) is 80.2 Å². The van der Waals surface area contributed by atoms with Gasteiger partial charge in [0.15, 0.2) is 5.43 Å². The summed E-state index contributed by atoms with van der Waals surface area (Å²) in [5.41, 5.74) is 4.41. The van der Waals surface area contributed by atoms with Crippen molar-refractivity contribution in [2.45, 2.75) is 46.1 Å². The largest absolute Gasteiger partial charge is 0.450 e.